The van der Waals surface area contributed by atoms with E-state index in [1.807, 2.05) is 18.2 Å². The van der Waals surface area contributed by atoms with Crippen LogP contribution in [0.2, 0.25) is 0 Å². The van der Waals surface area contributed by atoms with Crippen LogP contribution in [-0.2, 0) is 11.3 Å². The lowest BCUT2D eigenvalue weighted by Crippen LogP contribution is -2.58. The fourth-order valence-electron chi connectivity index (χ4n) is 4.20. The molecule has 1 aromatic carbocycles. The Morgan fingerprint density at radius 3 is 2.73 bits per heavy atom. The normalized spacial score (nSPS) is 33.8. The maximum atomic E-state index is 13.0. The fourth-order valence-corrected chi connectivity index (χ4v) is 4.20. The van der Waals surface area contributed by atoms with Gasteiger partial charge in [0.25, 0.3) is 0 Å². The molecular weight excluding hydrogens is 335 g/mol. The molecule has 1 aromatic heterocycles. The van der Waals surface area contributed by atoms with Crippen LogP contribution < -0.4 is 5.32 Å². The zero-order valence-electron chi connectivity index (χ0n) is 14.4. The largest absolute Gasteiger partial charge is 0.391 e. The van der Waals surface area contributed by atoms with Crippen molar-refractivity contribution in [1.29, 1.82) is 0 Å². The summed E-state index contributed by atoms with van der Waals surface area (Å²) in [5.41, 5.74) is 0.630. The number of fused-ring (bicyclic) bond motifs is 1. The molecule has 2 heterocycles. The molecule has 2 aromatic rings. The Hall–Kier alpha value is -1.86. The summed E-state index contributed by atoms with van der Waals surface area (Å²) in [5, 5.41) is 25.0. The molecule has 1 saturated carbocycles. The van der Waals surface area contributed by atoms with Crippen LogP contribution in [0.4, 0.5) is 4.39 Å². The Bertz CT molecular complexity index is 742. The predicted molar refractivity (Wildman–Crippen MR) is 93.6 cm³/mol. The van der Waals surface area contributed by atoms with E-state index in [0.717, 1.165) is 11.3 Å². The molecule has 2 fully saturated rings. The zero-order chi connectivity index (χ0) is 18.1. The molecule has 0 unspecified atom stereocenters. The summed E-state index contributed by atoms with van der Waals surface area (Å²) >= 11 is 0. The van der Waals surface area contributed by atoms with E-state index in [1.165, 1.54) is 12.1 Å². The molecule has 3 N–H and O–H groups in total. The van der Waals surface area contributed by atoms with Gasteiger partial charge in [0, 0.05) is 12.7 Å². The van der Waals surface area contributed by atoms with Crippen molar-refractivity contribution in [2.24, 2.45) is 5.92 Å². The molecule has 1 aliphatic heterocycles. The zero-order valence-corrected chi connectivity index (χ0v) is 14.4. The van der Waals surface area contributed by atoms with E-state index in [2.05, 4.69) is 10.3 Å². The number of hydrogen-bond acceptors (Lipinski definition) is 5. The number of rotatable bonds is 4. The third-order valence-electron chi connectivity index (χ3n) is 5.63. The number of ether oxygens (including phenoxy) is 1. The van der Waals surface area contributed by atoms with Gasteiger partial charge in [-0.15, -0.1) is 0 Å². The molecule has 1 saturated heterocycles. The van der Waals surface area contributed by atoms with Gasteiger partial charge in [-0.3, -0.25) is 4.98 Å². The van der Waals surface area contributed by atoms with Crippen molar-refractivity contribution in [3.05, 3.63) is 65.7 Å². The number of halogens is 1. The topological polar surface area (TPSA) is 74.6 Å². The van der Waals surface area contributed by atoms with Gasteiger partial charge in [0.2, 0.25) is 0 Å². The molecule has 6 heteroatoms. The van der Waals surface area contributed by atoms with Crippen molar-refractivity contribution in [1.82, 2.24) is 10.3 Å². The second kappa shape index (κ2) is 7.04. The van der Waals surface area contributed by atoms with Gasteiger partial charge in [0.15, 0.2) is 0 Å². The summed E-state index contributed by atoms with van der Waals surface area (Å²) in [5.74, 6) is -0.349. The predicted octanol–water partition coefficient (Wildman–Crippen LogP) is 1.95. The summed E-state index contributed by atoms with van der Waals surface area (Å²) in [6, 6.07) is 11.4. The maximum Gasteiger partial charge on any atom is 0.123 e. The van der Waals surface area contributed by atoms with Gasteiger partial charge >= 0.3 is 0 Å². The molecule has 0 spiro atoms. The number of hydrogen-bond donors (Lipinski definition) is 3. The molecule has 4 rings (SSSR count). The number of aliphatic hydroxyl groups is 2. The smallest absolute Gasteiger partial charge is 0.123 e. The molecular formula is C20H23FN2O3. The van der Waals surface area contributed by atoms with Gasteiger partial charge in [-0.25, -0.2) is 4.39 Å². The number of nitrogens with one attached hydrogen (secondary N) is 1. The quantitative estimate of drug-likeness (QED) is 0.779. The third kappa shape index (κ3) is 3.25. The second-order valence-corrected chi connectivity index (χ2v) is 7.27. The highest BCUT2D eigenvalue weighted by Crippen LogP contribution is 2.46. The highest BCUT2D eigenvalue weighted by Gasteiger charge is 2.56. The van der Waals surface area contributed by atoms with E-state index in [4.69, 9.17) is 4.74 Å². The summed E-state index contributed by atoms with van der Waals surface area (Å²) in [4.78, 5) is 4.35. The molecule has 2 aliphatic rings. The minimum Gasteiger partial charge on any atom is -0.391 e. The van der Waals surface area contributed by atoms with Gasteiger partial charge < -0.3 is 20.3 Å². The number of benzene rings is 1. The van der Waals surface area contributed by atoms with Crippen LogP contribution >= 0.6 is 0 Å². The van der Waals surface area contributed by atoms with Crippen molar-refractivity contribution < 1.29 is 19.3 Å². The minimum atomic E-state index is -1.12. The number of aromatic nitrogens is 1. The van der Waals surface area contributed by atoms with Gasteiger partial charge in [-0.05, 0) is 48.6 Å². The summed E-state index contributed by atoms with van der Waals surface area (Å²) in [6.45, 7) is 0.595. The monoisotopic (exact) mass is 358 g/mol. The Morgan fingerprint density at radius 1 is 1.19 bits per heavy atom. The van der Waals surface area contributed by atoms with E-state index >= 15 is 0 Å². The molecule has 0 radical (unpaired) electrons. The van der Waals surface area contributed by atoms with Crippen molar-refractivity contribution in [2.75, 3.05) is 6.61 Å². The van der Waals surface area contributed by atoms with Crippen LogP contribution in [0.25, 0.3) is 0 Å². The van der Waals surface area contributed by atoms with Crippen LogP contribution in [0.3, 0.4) is 0 Å². The Labute approximate surface area is 151 Å². The van der Waals surface area contributed by atoms with E-state index in [1.54, 1.807) is 18.3 Å². The molecule has 0 amide bonds. The standard InChI is InChI=1S/C20H23FN2O3/c21-15-6-4-13(5-7-15)11-23-19-17(24)9-14-10-18(26-12-20(14,19)25)16-3-1-2-8-22-16/h1-8,14,17-19,23-25H,9-12H2/t14-,17+,18-,19-,20-/m1/s1. The molecule has 1 aliphatic carbocycles. The molecule has 5 nitrogen and oxygen atoms in total. The third-order valence-corrected chi connectivity index (χ3v) is 5.63. The average molecular weight is 358 g/mol. The van der Waals surface area contributed by atoms with Gasteiger partial charge in [0.05, 0.1) is 30.6 Å². The number of nitrogens with zero attached hydrogens (tertiary/aromatic N) is 1. The molecule has 138 valence electrons. The van der Waals surface area contributed by atoms with Crippen LogP contribution in [0.15, 0.2) is 48.7 Å². The number of pyridine rings is 1. The van der Waals surface area contributed by atoms with E-state index in [-0.39, 0.29) is 24.4 Å². The molecule has 26 heavy (non-hydrogen) atoms. The minimum absolute atomic E-state index is 0.0658. The van der Waals surface area contributed by atoms with E-state index < -0.39 is 17.7 Å². The SMILES string of the molecule is O[C@H]1C[C@@H]2C[C@H](c3ccccn3)OC[C@]2(O)[C@@H]1NCc1ccc(F)cc1. The number of aliphatic hydroxyl groups excluding tert-OH is 1. The average Bonchev–Trinajstić information content (AvgIpc) is 2.91. The lowest BCUT2D eigenvalue weighted by atomic mass is 9.82. The Balaban J connectivity index is 1.44. The van der Waals surface area contributed by atoms with Crippen LogP contribution in [0, 0.1) is 11.7 Å². The first kappa shape index (κ1) is 17.5. The highest BCUT2D eigenvalue weighted by atomic mass is 19.1. The fraction of sp³-hybridized carbons (Fsp3) is 0.450. The van der Waals surface area contributed by atoms with Gasteiger partial charge in [0.1, 0.15) is 11.4 Å². The first-order valence-corrected chi connectivity index (χ1v) is 8.97. The lowest BCUT2D eigenvalue weighted by molar-refractivity contribution is -0.157. The van der Waals surface area contributed by atoms with Crippen molar-refractivity contribution in [2.45, 2.75) is 43.2 Å². The highest BCUT2D eigenvalue weighted by molar-refractivity contribution is 5.18. The lowest BCUT2D eigenvalue weighted by Gasteiger charge is -2.42. The summed E-state index contributed by atoms with van der Waals surface area (Å²) < 4.78 is 18.9. The molecule has 5 atom stereocenters. The summed E-state index contributed by atoms with van der Waals surface area (Å²) in [7, 11) is 0. The first-order chi connectivity index (χ1) is 12.6. The van der Waals surface area contributed by atoms with Crippen molar-refractivity contribution in [3.8, 4) is 0 Å². The second-order valence-electron chi connectivity index (χ2n) is 7.27. The van der Waals surface area contributed by atoms with Crippen LogP contribution in [0.1, 0.15) is 30.2 Å². The molecule has 0 bridgehead atoms. The van der Waals surface area contributed by atoms with Gasteiger partial charge in [-0.2, -0.15) is 0 Å². The summed E-state index contributed by atoms with van der Waals surface area (Å²) in [6.07, 6.45) is 2.06. The first-order valence-electron chi connectivity index (χ1n) is 8.97. The van der Waals surface area contributed by atoms with E-state index in [9.17, 15) is 14.6 Å². The van der Waals surface area contributed by atoms with E-state index in [0.29, 0.717) is 19.4 Å². The van der Waals surface area contributed by atoms with Gasteiger partial charge in [-0.1, -0.05) is 18.2 Å². The van der Waals surface area contributed by atoms with Crippen LogP contribution in [-0.4, -0.2) is 39.6 Å². The van der Waals surface area contributed by atoms with Crippen molar-refractivity contribution in [3.63, 3.8) is 0 Å². The van der Waals surface area contributed by atoms with Crippen LogP contribution in [0.5, 0.6) is 0 Å². The van der Waals surface area contributed by atoms with Crippen molar-refractivity contribution >= 4 is 0 Å². The Kier molecular flexibility index (Phi) is 4.75. The Morgan fingerprint density at radius 2 is 2.00 bits per heavy atom. The maximum absolute atomic E-state index is 13.0.